The number of nitrogens with one attached hydrogen (secondary N) is 1. The number of aromatic amines is 1. The Hall–Kier alpha value is -1.10. The van der Waals surface area contributed by atoms with Crippen LogP contribution in [0.2, 0.25) is 0 Å². The van der Waals surface area contributed by atoms with Gasteiger partial charge in [0.15, 0.2) is 17.5 Å². The van der Waals surface area contributed by atoms with Gasteiger partial charge in [-0.05, 0) is 12.3 Å². The number of hydrogen-bond donors (Lipinski definition) is 1. The van der Waals surface area contributed by atoms with E-state index in [1.807, 2.05) is 0 Å². The lowest BCUT2D eigenvalue weighted by Crippen LogP contribution is -1.91. The molecule has 0 aliphatic rings. The van der Waals surface area contributed by atoms with Gasteiger partial charge in [0.05, 0.1) is 5.52 Å². The second-order valence-corrected chi connectivity index (χ2v) is 3.61. The lowest BCUT2D eigenvalue weighted by Gasteiger charge is -1.98. The third-order valence-corrected chi connectivity index (χ3v) is 2.77. The monoisotopic (exact) mass is 217 g/mol. The molecule has 0 saturated heterocycles. The largest absolute Gasteiger partial charge is 0.358 e. The summed E-state index contributed by atoms with van der Waals surface area (Å²) >= 11 is 1.34. The molecule has 0 unspecified atom stereocenters. The molecule has 0 aliphatic heterocycles. The number of hydrogen-bond acceptors (Lipinski definition) is 1. The van der Waals surface area contributed by atoms with E-state index in [0.29, 0.717) is 10.3 Å². The van der Waals surface area contributed by atoms with Gasteiger partial charge in [0.25, 0.3) is 0 Å². The predicted octanol–water partition coefficient (Wildman–Crippen LogP) is 3.31. The van der Waals surface area contributed by atoms with Gasteiger partial charge in [-0.1, -0.05) is 0 Å². The van der Waals surface area contributed by atoms with Crippen molar-refractivity contribution in [2.24, 2.45) is 0 Å². The van der Waals surface area contributed by atoms with Crippen LogP contribution in [0.5, 0.6) is 0 Å². The van der Waals surface area contributed by atoms with Gasteiger partial charge < -0.3 is 4.98 Å². The van der Waals surface area contributed by atoms with Gasteiger partial charge in [-0.25, -0.2) is 13.2 Å². The van der Waals surface area contributed by atoms with Gasteiger partial charge in [0.2, 0.25) is 0 Å². The fourth-order valence-corrected chi connectivity index (χ4v) is 1.87. The average Bonchev–Trinajstić information content (AvgIpc) is 2.57. The highest BCUT2D eigenvalue weighted by Gasteiger charge is 2.16. The summed E-state index contributed by atoms with van der Waals surface area (Å²) in [7, 11) is 0. The molecule has 74 valence electrons. The maximum Gasteiger partial charge on any atom is 0.196 e. The van der Waals surface area contributed by atoms with E-state index in [4.69, 9.17) is 0 Å². The third-order valence-electron chi connectivity index (χ3n) is 2.00. The smallest absolute Gasteiger partial charge is 0.196 e. The van der Waals surface area contributed by atoms with Gasteiger partial charge in [-0.15, -0.1) is 11.8 Å². The minimum atomic E-state index is -1.44. The highest BCUT2D eigenvalue weighted by atomic mass is 32.2. The quantitative estimate of drug-likeness (QED) is 0.572. The lowest BCUT2D eigenvalue weighted by molar-refractivity contribution is 0.453. The van der Waals surface area contributed by atoms with Crippen molar-refractivity contribution in [1.29, 1.82) is 0 Å². The molecule has 1 aromatic heterocycles. The van der Waals surface area contributed by atoms with E-state index in [1.54, 1.807) is 6.26 Å². The fourth-order valence-electron chi connectivity index (χ4n) is 1.31. The van der Waals surface area contributed by atoms with E-state index in [0.717, 1.165) is 6.07 Å². The molecular formula is C9H6F3NS. The number of fused-ring (bicyclic) bond motifs is 1. The molecule has 0 bridgehead atoms. The summed E-state index contributed by atoms with van der Waals surface area (Å²) in [5.41, 5.74) is 0.00764. The van der Waals surface area contributed by atoms with Gasteiger partial charge in [0.1, 0.15) is 0 Å². The van der Waals surface area contributed by atoms with Crippen LogP contribution >= 0.6 is 11.8 Å². The van der Waals surface area contributed by atoms with E-state index >= 15 is 0 Å². The van der Waals surface area contributed by atoms with Crippen LogP contribution in [0.25, 0.3) is 10.9 Å². The molecule has 2 rings (SSSR count). The number of rotatable bonds is 1. The molecular weight excluding hydrogens is 211 g/mol. The Kier molecular flexibility index (Phi) is 2.19. The van der Waals surface area contributed by atoms with Crippen LogP contribution in [-0.4, -0.2) is 11.2 Å². The third kappa shape index (κ3) is 1.19. The van der Waals surface area contributed by atoms with Crippen molar-refractivity contribution in [2.45, 2.75) is 4.90 Å². The van der Waals surface area contributed by atoms with Gasteiger partial charge in [-0.3, -0.25) is 0 Å². The standard InChI is InChI=1S/C9H6F3NS/c1-14-6-3-13-9-4(6)2-5(10)7(11)8(9)12/h2-3,13H,1H3. The van der Waals surface area contributed by atoms with Crippen molar-refractivity contribution >= 4 is 22.7 Å². The van der Waals surface area contributed by atoms with Crippen LogP contribution in [0.1, 0.15) is 0 Å². The molecule has 0 saturated carbocycles. The molecule has 1 heterocycles. The van der Waals surface area contributed by atoms with Crippen LogP contribution in [0, 0.1) is 17.5 Å². The highest BCUT2D eigenvalue weighted by Crippen LogP contribution is 2.29. The number of benzene rings is 1. The van der Waals surface area contributed by atoms with Crippen molar-refractivity contribution in [2.75, 3.05) is 6.26 Å². The molecule has 0 radical (unpaired) electrons. The van der Waals surface area contributed by atoms with E-state index in [1.165, 1.54) is 18.0 Å². The minimum absolute atomic E-state index is 0.00764. The summed E-state index contributed by atoms with van der Waals surface area (Å²) in [4.78, 5) is 3.27. The van der Waals surface area contributed by atoms with Crippen LogP contribution in [0.4, 0.5) is 13.2 Å². The highest BCUT2D eigenvalue weighted by molar-refractivity contribution is 7.98. The summed E-state index contributed by atoms with van der Waals surface area (Å²) < 4.78 is 38.8. The summed E-state index contributed by atoms with van der Waals surface area (Å²) in [6, 6.07) is 0.996. The topological polar surface area (TPSA) is 15.8 Å². The zero-order valence-corrected chi connectivity index (χ0v) is 8.01. The maximum atomic E-state index is 13.2. The van der Waals surface area contributed by atoms with Gasteiger partial charge >= 0.3 is 0 Å². The van der Waals surface area contributed by atoms with Crippen LogP contribution in [-0.2, 0) is 0 Å². The van der Waals surface area contributed by atoms with Crippen molar-refractivity contribution in [3.8, 4) is 0 Å². The maximum absolute atomic E-state index is 13.2. The lowest BCUT2D eigenvalue weighted by atomic mass is 10.2. The zero-order valence-electron chi connectivity index (χ0n) is 7.20. The number of thioether (sulfide) groups is 1. The molecule has 5 heteroatoms. The number of aromatic nitrogens is 1. The van der Waals surface area contributed by atoms with Crippen LogP contribution in [0.3, 0.4) is 0 Å². The first-order chi connectivity index (χ1) is 6.65. The summed E-state index contributed by atoms with van der Waals surface area (Å²) in [6.07, 6.45) is 3.30. The van der Waals surface area contributed by atoms with Crippen molar-refractivity contribution < 1.29 is 13.2 Å². The average molecular weight is 217 g/mol. The molecule has 1 N–H and O–H groups in total. The molecule has 0 atom stereocenters. The molecule has 2 aromatic rings. The zero-order chi connectivity index (χ0) is 10.3. The van der Waals surface area contributed by atoms with Crippen molar-refractivity contribution in [3.05, 3.63) is 29.7 Å². The fraction of sp³-hybridized carbons (Fsp3) is 0.111. The molecule has 0 amide bonds. The van der Waals surface area contributed by atoms with Crippen molar-refractivity contribution in [3.63, 3.8) is 0 Å². The summed E-state index contributed by atoms with van der Waals surface area (Å²) in [5, 5.41) is 0.369. The Morgan fingerprint density at radius 2 is 1.93 bits per heavy atom. The first-order valence-corrected chi connectivity index (χ1v) is 5.06. The molecule has 0 aliphatic carbocycles. The SMILES string of the molecule is CSc1c[nH]c2c(F)c(F)c(F)cc12. The normalized spacial score (nSPS) is 11.1. The van der Waals surface area contributed by atoms with Crippen LogP contribution in [0.15, 0.2) is 17.2 Å². The summed E-state index contributed by atoms with van der Waals surface area (Å²) in [6.45, 7) is 0. The Morgan fingerprint density at radius 3 is 2.57 bits per heavy atom. The number of H-pyrrole nitrogens is 1. The second-order valence-electron chi connectivity index (χ2n) is 2.77. The number of halogens is 3. The minimum Gasteiger partial charge on any atom is -0.358 e. The molecule has 14 heavy (non-hydrogen) atoms. The Bertz CT molecular complexity index is 492. The first kappa shape index (κ1) is 9.45. The van der Waals surface area contributed by atoms with Crippen molar-refractivity contribution in [1.82, 2.24) is 4.98 Å². The van der Waals surface area contributed by atoms with E-state index in [-0.39, 0.29) is 5.52 Å². The Labute approximate surface area is 82.3 Å². The first-order valence-electron chi connectivity index (χ1n) is 3.83. The summed E-state index contributed by atoms with van der Waals surface area (Å²) in [5.74, 6) is -3.77. The van der Waals surface area contributed by atoms with E-state index in [2.05, 4.69) is 4.98 Å². The van der Waals surface area contributed by atoms with E-state index in [9.17, 15) is 13.2 Å². The van der Waals surface area contributed by atoms with Gasteiger partial charge in [-0.2, -0.15) is 0 Å². The predicted molar refractivity (Wildman–Crippen MR) is 50.0 cm³/mol. The Morgan fingerprint density at radius 1 is 1.21 bits per heavy atom. The molecule has 1 nitrogen and oxygen atoms in total. The molecule has 0 fully saturated rings. The van der Waals surface area contributed by atoms with Gasteiger partial charge in [0, 0.05) is 16.5 Å². The van der Waals surface area contributed by atoms with E-state index < -0.39 is 17.5 Å². The molecule has 1 aromatic carbocycles. The van der Waals surface area contributed by atoms with Crippen LogP contribution < -0.4 is 0 Å². The second kappa shape index (κ2) is 3.24. The molecule has 0 spiro atoms. The Balaban J connectivity index is 2.86.